The molecule has 1 heterocycles. The van der Waals surface area contributed by atoms with Gasteiger partial charge in [0.1, 0.15) is 0 Å². The van der Waals surface area contributed by atoms with Gasteiger partial charge in [-0.3, -0.25) is 9.59 Å². The second-order valence-corrected chi connectivity index (χ2v) is 4.52. The van der Waals surface area contributed by atoms with Crippen LogP contribution in [0.4, 0.5) is 0 Å². The van der Waals surface area contributed by atoms with E-state index >= 15 is 0 Å². The van der Waals surface area contributed by atoms with Crippen LogP contribution in [0, 0.1) is 0 Å². The summed E-state index contributed by atoms with van der Waals surface area (Å²) in [5.41, 5.74) is 0.545. The maximum atomic E-state index is 11.4. The monoisotopic (exact) mass is 282 g/mol. The van der Waals surface area contributed by atoms with Crippen LogP contribution in [0.15, 0.2) is 29.1 Å². The number of aromatic amines is 1. The van der Waals surface area contributed by atoms with E-state index in [9.17, 15) is 9.59 Å². The maximum Gasteiger partial charge on any atom is 0.275 e. The standard InChI is InChI=1S/C12H8Cl2N2O2/c1-6(17)9-5-11(15-16-12(9)18)8-3-2-7(13)4-10(8)14/h2-5H,1H3,(H,16,18). The molecule has 0 unspecified atom stereocenters. The van der Waals surface area contributed by atoms with Gasteiger partial charge in [0, 0.05) is 10.6 Å². The molecule has 2 rings (SSSR count). The summed E-state index contributed by atoms with van der Waals surface area (Å²) in [6.07, 6.45) is 0. The van der Waals surface area contributed by atoms with Gasteiger partial charge in [-0.2, -0.15) is 5.10 Å². The molecule has 0 spiro atoms. The molecule has 0 amide bonds. The summed E-state index contributed by atoms with van der Waals surface area (Å²) in [7, 11) is 0. The lowest BCUT2D eigenvalue weighted by Crippen LogP contribution is -2.17. The van der Waals surface area contributed by atoms with Gasteiger partial charge in [-0.25, -0.2) is 5.10 Å². The third-order valence-electron chi connectivity index (χ3n) is 2.39. The van der Waals surface area contributed by atoms with Gasteiger partial charge >= 0.3 is 0 Å². The minimum absolute atomic E-state index is 0.0472. The largest absolute Gasteiger partial charge is 0.294 e. The van der Waals surface area contributed by atoms with Crippen LogP contribution in [0.5, 0.6) is 0 Å². The number of rotatable bonds is 2. The van der Waals surface area contributed by atoms with Crippen molar-refractivity contribution in [2.24, 2.45) is 0 Å². The molecular formula is C12H8Cl2N2O2. The molecule has 1 N–H and O–H groups in total. The molecule has 0 radical (unpaired) electrons. The fourth-order valence-electron chi connectivity index (χ4n) is 1.50. The fraction of sp³-hybridized carbons (Fsp3) is 0.0833. The Morgan fingerprint density at radius 2 is 2.00 bits per heavy atom. The molecule has 0 fully saturated rings. The Morgan fingerprint density at radius 1 is 1.28 bits per heavy atom. The second-order valence-electron chi connectivity index (χ2n) is 3.68. The Hall–Kier alpha value is -1.65. The van der Waals surface area contributed by atoms with Gasteiger partial charge in [-0.15, -0.1) is 0 Å². The normalized spacial score (nSPS) is 10.4. The van der Waals surface area contributed by atoms with Crippen LogP contribution in [-0.4, -0.2) is 16.0 Å². The molecule has 0 saturated heterocycles. The first-order valence-electron chi connectivity index (χ1n) is 5.05. The van der Waals surface area contributed by atoms with Crippen LogP contribution in [0.3, 0.4) is 0 Å². The molecule has 0 aliphatic carbocycles. The van der Waals surface area contributed by atoms with Crippen molar-refractivity contribution < 1.29 is 4.79 Å². The molecule has 2 aromatic rings. The molecule has 92 valence electrons. The van der Waals surface area contributed by atoms with Crippen molar-refractivity contribution in [2.45, 2.75) is 6.92 Å². The minimum atomic E-state index is -0.517. The quantitative estimate of drug-likeness (QED) is 0.862. The lowest BCUT2D eigenvalue weighted by molar-refractivity contribution is 0.101. The molecule has 1 aromatic carbocycles. The number of nitrogens with zero attached hydrogens (tertiary/aromatic N) is 1. The van der Waals surface area contributed by atoms with E-state index in [1.54, 1.807) is 18.2 Å². The third-order valence-corrected chi connectivity index (χ3v) is 2.94. The summed E-state index contributed by atoms with van der Waals surface area (Å²) < 4.78 is 0. The van der Waals surface area contributed by atoms with Crippen LogP contribution in [0.2, 0.25) is 10.0 Å². The predicted molar refractivity (Wildman–Crippen MR) is 70.3 cm³/mol. The van der Waals surface area contributed by atoms with Crippen LogP contribution >= 0.6 is 23.2 Å². The molecule has 6 heteroatoms. The van der Waals surface area contributed by atoms with Crippen LogP contribution in [-0.2, 0) is 0 Å². The zero-order chi connectivity index (χ0) is 13.3. The molecule has 18 heavy (non-hydrogen) atoms. The first kappa shape index (κ1) is 12.8. The van der Waals surface area contributed by atoms with Gasteiger partial charge in [-0.05, 0) is 31.2 Å². The van der Waals surface area contributed by atoms with Gasteiger partial charge in [0.05, 0.1) is 16.3 Å². The van der Waals surface area contributed by atoms with Crippen molar-refractivity contribution in [1.82, 2.24) is 10.2 Å². The second kappa shape index (κ2) is 4.92. The topological polar surface area (TPSA) is 62.8 Å². The van der Waals surface area contributed by atoms with E-state index in [2.05, 4.69) is 10.2 Å². The number of carbonyl (C=O) groups is 1. The Labute approximate surface area is 113 Å². The van der Waals surface area contributed by atoms with E-state index in [-0.39, 0.29) is 11.3 Å². The summed E-state index contributed by atoms with van der Waals surface area (Å²) in [4.78, 5) is 22.7. The third kappa shape index (κ3) is 2.44. The summed E-state index contributed by atoms with van der Waals surface area (Å²) in [5, 5.41) is 7.04. The summed E-state index contributed by atoms with van der Waals surface area (Å²) in [6.45, 7) is 1.32. The lowest BCUT2D eigenvalue weighted by Gasteiger charge is -2.04. The SMILES string of the molecule is CC(=O)c1cc(-c2ccc(Cl)cc2Cl)n[nH]c1=O. The molecule has 0 aliphatic heterocycles. The Bertz CT molecular complexity index is 680. The molecule has 4 nitrogen and oxygen atoms in total. The molecule has 0 atom stereocenters. The molecule has 1 aromatic heterocycles. The van der Waals surface area contributed by atoms with Crippen molar-refractivity contribution in [2.75, 3.05) is 0 Å². The number of H-pyrrole nitrogens is 1. The average Bonchev–Trinajstić information content (AvgIpc) is 2.30. The average molecular weight is 283 g/mol. The fourth-order valence-corrected chi connectivity index (χ4v) is 2.01. The van der Waals surface area contributed by atoms with Crippen molar-refractivity contribution in [3.8, 4) is 11.3 Å². The van der Waals surface area contributed by atoms with Crippen LogP contribution < -0.4 is 5.56 Å². The highest BCUT2D eigenvalue weighted by atomic mass is 35.5. The van der Waals surface area contributed by atoms with Crippen molar-refractivity contribution in [3.05, 3.63) is 50.2 Å². The molecule has 0 bridgehead atoms. The van der Waals surface area contributed by atoms with E-state index in [0.29, 0.717) is 21.3 Å². The Kier molecular flexibility index (Phi) is 3.50. The molecular weight excluding hydrogens is 275 g/mol. The molecule has 0 aliphatic rings. The number of halogens is 2. The zero-order valence-electron chi connectivity index (χ0n) is 9.33. The van der Waals surface area contributed by atoms with Crippen molar-refractivity contribution >= 4 is 29.0 Å². The van der Waals surface area contributed by atoms with Crippen LogP contribution in [0.1, 0.15) is 17.3 Å². The van der Waals surface area contributed by atoms with E-state index in [4.69, 9.17) is 23.2 Å². The first-order chi connectivity index (χ1) is 8.49. The van der Waals surface area contributed by atoms with E-state index in [1.165, 1.54) is 13.0 Å². The number of benzene rings is 1. The highest BCUT2D eigenvalue weighted by Crippen LogP contribution is 2.28. The lowest BCUT2D eigenvalue weighted by atomic mass is 10.1. The number of Topliss-reactive ketones (excluding diaryl/α,β-unsaturated/α-hetero) is 1. The van der Waals surface area contributed by atoms with E-state index < -0.39 is 5.56 Å². The summed E-state index contributed by atoms with van der Waals surface area (Å²) in [5.74, 6) is -0.329. The van der Waals surface area contributed by atoms with Gasteiger partial charge in [0.25, 0.3) is 5.56 Å². The highest BCUT2D eigenvalue weighted by molar-refractivity contribution is 6.36. The number of carbonyl (C=O) groups excluding carboxylic acids is 1. The van der Waals surface area contributed by atoms with Gasteiger partial charge in [0.2, 0.25) is 0 Å². The zero-order valence-corrected chi connectivity index (χ0v) is 10.8. The number of nitrogens with one attached hydrogen (secondary N) is 1. The molecule has 0 saturated carbocycles. The van der Waals surface area contributed by atoms with Gasteiger partial charge in [0.15, 0.2) is 5.78 Å². The Morgan fingerprint density at radius 3 is 2.61 bits per heavy atom. The predicted octanol–water partition coefficient (Wildman–Crippen LogP) is 2.95. The summed E-state index contributed by atoms with van der Waals surface area (Å²) >= 11 is 11.8. The van der Waals surface area contributed by atoms with Gasteiger partial charge in [-0.1, -0.05) is 23.2 Å². The van der Waals surface area contributed by atoms with Gasteiger partial charge < -0.3 is 0 Å². The van der Waals surface area contributed by atoms with Crippen LogP contribution in [0.25, 0.3) is 11.3 Å². The van der Waals surface area contributed by atoms with E-state index in [1.807, 2.05) is 0 Å². The number of aromatic nitrogens is 2. The smallest absolute Gasteiger partial charge is 0.275 e. The Balaban J connectivity index is 2.61. The highest BCUT2D eigenvalue weighted by Gasteiger charge is 2.11. The van der Waals surface area contributed by atoms with E-state index in [0.717, 1.165) is 0 Å². The van der Waals surface area contributed by atoms with Crippen molar-refractivity contribution in [1.29, 1.82) is 0 Å². The number of ketones is 1. The first-order valence-corrected chi connectivity index (χ1v) is 5.80. The number of hydrogen-bond donors (Lipinski definition) is 1. The maximum absolute atomic E-state index is 11.4. The summed E-state index contributed by atoms with van der Waals surface area (Å²) in [6, 6.07) is 6.31. The number of hydrogen-bond acceptors (Lipinski definition) is 3. The minimum Gasteiger partial charge on any atom is -0.294 e. The van der Waals surface area contributed by atoms with Crippen molar-refractivity contribution in [3.63, 3.8) is 0 Å².